The Hall–Kier alpha value is -3.70. The summed E-state index contributed by atoms with van der Waals surface area (Å²) >= 11 is 0. The number of aliphatic hydroxyl groups is 4. The SMILES string of the molecule is [N-]=[N+]=NCCCNc1ncnc2c1ncn2[C@@H]1O[C@H](COP(=O)(O)OP(=O)(O)OC[C@H]2O[C@@H]([n+]3cccc(C(N)=O)c3)[C@H](O)[C@@H]2O)[C@@H](O)[C@H]1O. The van der Waals surface area contributed by atoms with Crippen molar-refractivity contribution < 1.29 is 71.5 Å². The van der Waals surface area contributed by atoms with Gasteiger partial charge in [0.1, 0.15) is 42.4 Å². The molecule has 3 aromatic heterocycles. The van der Waals surface area contributed by atoms with Gasteiger partial charge in [-0.15, -0.1) is 0 Å². The largest absolute Gasteiger partial charge is 0.481 e. The first-order chi connectivity index (χ1) is 23.7. The molecule has 2 fully saturated rings. The molecule has 5 rings (SSSR count). The van der Waals surface area contributed by atoms with Gasteiger partial charge in [-0.2, -0.15) is 8.88 Å². The molecule has 0 aromatic carbocycles. The van der Waals surface area contributed by atoms with E-state index in [0.29, 0.717) is 18.8 Å². The number of rotatable bonds is 16. The highest BCUT2D eigenvalue weighted by Crippen LogP contribution is 2.60. The number of hydrogen-bond donors (Lipinski definition) is 8. The molecule has 2 saturated heterocycles. The van der Waals surface area contributed by atoms with E-state index in [1.807, 2.05) is 0 Å². The lowest BCUT2D eigenvalue weighted by atomic mass is 10.1. The Morgan fingerprint density at radius 2 is 1.74 bits per heavy atom. The van der Waals surface area contributed by atoms with Gasteiger partial charge in [0.25, 0.3) is 12.1 Å². The third kappa shape index (κ3) is 8.60. The minimum absolute atomic E-state index is 0.0637. The first-order valence-corrected chi connectivity index (χ1v) is 17.6. The number of primary amides is 1. The Kier molecular flexibility index (Phi) is 11.8. The van der Waals surface area contributed by atoms with E-state index >= 15 is 0 Å². The molecule has 2 aliphatic rings. The van der Waals surface area contributed by atoms with Gasteiger partial charge in [0, 0.05) is 24.1 Å². The number of azide groups is 1. The maximum absolute atomic E-state index is 12.6. The van der Waals surface area contributed by atoms with Gasteiger partial charge in [-0.3, -0.25) is 18.4 Å². The van der Waals surface area contributed by atoms with Crippen molar-refractivity contribution in [2.45, 2.75) is 55.5 Å². The summed E-state index contributed by atoms with van der Waals surface area (Å²) < 4.78 is 52.5. The molecule has 9 N–H and O–H groups in total. The summed E-state index contributed by atoms with van der Waals surface area (Å²) in [5, 5.41) is 48.5. The Bertz CT molecular complexity index is 1830. The maximum atomic E-state index is 12.6. The van der Waals surface area contributed by atoms with Crippen molar-refractivity contribution in [3.63, 3.8) is 0 Å². The van der Waals surface area contributed by atoms with Crippen LogP contribution in [-0.2, 0) is 32.0 Å². The Labute approximate surface area is 280 Å². The molecule has 2 aliphatic heterocycles. The normalized spacial score (nSPS) is 28.9. The third-order valence-electron chi connectivity index (χ3n) is 7.51. The zero-order valence-electron chi connectivity index (χ0n) is 25.6. The lowest BCUT2D eigenvalue weighted by Gasteiger charge is -2.20. The number of pyridine rings is 1. The van der Waals surface area contributed by atoms with Crippen LogP contribution in [0.3, 0.4) is 0 Å². The van der Waals surface area contributed by atoms with E-state index in [9.17, 15) is 44.1 Å². The van der Waals surface area contributed by atoms with E-state index in [4.69, 9.17) is 29.8 Å². The predicted molar refractivity (Wildman–Crippen MR) is 162 cm³/mol. The van der Waals surface area contributed by atoms with Gasteiger partial charge in [0.2, 0.25) is 0 Å². The summed E-state index contributed by atoms with van der Waals surface area (Å²) in [7, 11) is -10.8. The summed E-state index contributed by atoms with van der Waals surface area (Å²) in [6, 6.07) is 2.83. The number of phosphoric ester groups is 2. The Morgan fingerprint density at radius 3 is 2.42 bits per heavy atom. The molecule has 5 heterocycles. The van der Waals surface area contributed by atoms with Crippen LogP contribution in [0.5, 0.6) is 0 Å². The van der Waals surface area contributed by atoms with Crippen LogP contribution in [0.25, 0.3) is 21.6 Å². The quantitative estimate of drug-likeness (QED) is 0.0207. The fourth-order valence-electron chi connectivity index (χ4n) is 5.09. The molecule has 2 unspecified atom stereocenters. The molecule has 26 heteroatoms. The average molecular weight is 748 g/mol. The lowest BCUT2D eigenvalue weighted by molar-refractivity contribution is -0.765. The number of aromatic nitrogens is 5. The van der Waals surface area contributed by atoms with E-state index in [1.54, 1.807) is 0 Å². The average Bonchev–Trinajstić information content (AvgIpc) is 3.72. The number of amides is 1. The summed E-state index contributed by atoms with van der Waals surface area (Å²) in [6.45, 7) is -1.18. The number of anilines is 1. The number of nitrogens with two attached hydrogens (primary N) is 1. The monoisotopic (exact) mass is 747 g/mol. The van der Waals surface area contributed by atoms with E-state index in [2.05, 4.69) is 34.6 Å². The zero-order valence-corrected chi connectivity index (χ0v) is 27.4. The molecule has 3 aromatic rings. The van der Waals surface area contributed by atoms with Crippen LogP contribution in [0, 0.1) is 0 Å². The fraction of sp³-hybridized carbons (Fsp3) is 0.542. The van der Waals surface area contributed by atoms with E-state index in [1.165, 1.54) is 46.3 Å². The minimum atomic E-state index is -5.41. The molecule has 0 spiro atoms. The van der Waals surface area contributed by atoms with Gasteiger partial charge in [0.05, 0.1) is 19.5 Å². The lowest BCUT2D eigenvalue weighted by Crippen LogP contribution is -2.46. The molecule has 24 nitrogen and oxygen atoms in total. The van der Waals surface area contributed by atoms with E-state index in [-0.39, 0.29) is 23.3 Å². The van der Waals surface area contributed by atoms with Crippen molar-refractivity contribution in [1.82, 2.24) is 19.5 Å². The van der Waals surface area contributed by atoms with Crippen LogP contribution in [-0.4, -0.2) is 119 Å². The van der Waals surface area contributed by atoms with Crippen LogP contribution in [0.1, 0.15) is 29.2 Å². The first-order valence-electron chi connectivity index (χ1n) is 14.6. The molecule has 0 bridgehead atoms. The smallest absolute Gasteiger partial charge is 0.387 e. The van der Waals surface area contributed by atoms with Gasteiger partial charge in [0.15, 0.2) is 41.7 Å². The highest BCUT2D eigenvalue weighted by atomic mass is 31.3. The molecule has 10 atom stereocenters. The van der Waals surface area contributed by atoms with Crippen molar-refractivity contribution in [2.75, 3.05) is 31.6 Å². The van der Waals surface area contributed by atoms with Gasteiger partial charge in [-0.1, -0.05) is 5.11 Å². The van der Waals surface area contributed by atoms with Crippen molar-refractivity contribution >= 4 is 38.5 Å². The molecule has 272 valence electrons. The van der Waals surface area contributed by atoms with Gasteiger partial charge < -0.3 is 50.7 Å². The first kappa shape index (κ1) is 37.6. The number of phosphoric acid groups is 2. The van der Waals surface area contributed by atoms with Crippen LogP contribution in [0.2, 0.25) is 0 Å². The number of aliphatic hydroxyl groups excluding tert-OH is 4. The molecular weight excluding hydrogens is 714 g/mol. The van der Waals surface area contributed by atoms with Crippen LogP contribution >= 0.6 is 15.6 Å². The topological polar surface area (TPSA) is 353 Å². The zero-order chi connectivity index (χ0) is 36.2. The van der Waals surface area contributed by atoms with Crippen LogP contribution in [0.4, 0.5) is 5.82 Å². The van der Waals surface area contributed by atoms with Gasteiger partial charge in [-0.25, -0.2) is 24.1 Å². The Morgan fingerprint density at radius 1 is 1.06 bits per heavy atom. The molecule has 50 heavy (non-hydrogen) atoms. The van der Waals surface area contributed by atoms with E-state index in [0.717, 1.165) is 0 Å². The van der Waals surface area contributed by atoms with Gasteiger partial charge in [-0.05, 0) is 18.0 Å². The summed E-state index contributed by atoms with van der Waals surface area (Å²) in [4.78, 5) is 46.9. The highest BCUT2D eigenvalue weighted by Gasteiger charge is 2.50. The van der Waals surface area contributed by atoms with Crippen molar-refractivity contribution in [2.24, 2.45) is 10.8 Å². The minimum Gasteiger partial charge on any atom is -0.387 e. The van der Waals surface area contributed by atoms with Crippen molar-refractivity contribution in [3.05, 3.63) is 53.2 Å². The second-order valence-electron chi connectivity index (χ2n) is 10.9. The molecular formula is C24H33N10O14P2+. The number of nitrogens with one attached hydrogen (secondary N) is 1. The number of hydrogen-bond acceptors (Lipinski definition) is 17. The predicted octanol–water partition coefficient (Wildman–Crippen LogP) is -1.49. The number of fused-ring (bicyclic) bond motifs is 1. The Balaban J connectivity index is 1.15. The number of carbonyl (C=O) groups is 1. The maximum Gasteiger partial charge on any atom is 0.481 e. The fourth-order valence-corrected chi connectivity index (χ4v) is 7.18. The molecule has 1 amide bonds. The van der Waals surface area contributed by atoms with Crippen molar-refractivity contribution in [1.29, 1.82) is 0 Å². The second kappa shape index (κ2) is 15.7. The number of ether oxygens (including phenoxy) is 2. The summed E-state index contributed by atoms with van der Waals surface area (Å²) in [5.74, 6) is -0.441. The molecule has 0 radical (unpaired) electrons. The van der Waals surface area contributed by atoms with Crippen LogP contribution in [0.15, 0.2) is 42.3 Å². The third-order valence-corrected chi connectivity index (χ3v) is 10.1. The van der Waals surface area contributed by atoms with Crippen molar-refractivity contribution in [3.8, 4) is 0 Å². The molecule has 0 aliphatic carbocycles. The number of carbonyl (C=O) groups excluding carboxylic acids is 1. The van der Waals surface area contributed by atoms with Crippen LogP contribution < -0.4 is 15.6 Å². The highest BCUT2D eigenvalue weighted by molar-refractivity contribution is 7.61. The standard InChI is InChI=1S/C24H32N10O14P2/c25-20(39)12-3-1-6-33(7-12)23-18(37)16(35)13(46-23)8-44-49(40,41)48-50(42,43)45-9-14-17(36)19(38)24(47-14)34-11-30-15-21(28-10-29-22(15)34)27-4-2-5-31-32-26/h1,3,6-7,10-11,13-14,16-19,23-24,35-38H,2,4-5,8-9H2,(H4-,25,27,28,29,39,40,41,42,43)/p+1/t13-,14-,16-,17-,18-,19-,23-,24-/m1/s1. The summed E-state index contributed by atoms with van der Waals surface area (Å²) in [5.41, 5.74) is 14.2. The number of nitrogens with zero attached hydrogens (tertiary/aromatic N) is 8. The van der Waals surface area contributed by atoms with E-state index < -0.39 is 83.8 Å². The van der Waals surface area contributed by atoms with Gasteiger partial charge >= 0.3 is 15.6 Å². The molecule has 0 saturated carbocycles. The summed E-state index contributed by atoms with van der Waals surface area (Å²) in [6.07, 6.45) is -6.40. The number of imidazole rings is 1. The second-order valence-corrected chi connectivity index (χ2v) is 13.9.